The Labute approximate surface area is 132 Å². The van der Waals surface area contributed by atoms with Gasteiger partial charge in [0.15, 0.2) is 23.5 Å². The highest BCUT2D eigenvalue weighted by Crippen LogP contribution is 2.32. The van der Waals surface area contributed by atoms with E-state index in [9.17, 15) is 4.79 Å². The van der Waals surface area contributed by atoms with Crippen molar-refractivity contribution < 1.29 is 18.7 Å². The lowest BCUT2D eigenvalue weighted by Gasteiger charge is -2.06. The van der Waals surface area contributed by atoms with Gasteiger partial charge in [-0.25, -0.2) is 4.98 Å². The molecule has 2 heterocycles. The fraction of sp³-hybridized carbons (Fsp3) is 0.176. The maximum atomic E-state index is 12.2. The summed E-state index contributed by atoms with van der Waals surface area (Å²) in [6.45, 7) is 0.738. The molecule has 1 aliphatic heterocycles. The Hall–Kier alpha value is -3.02. The highest BCUT2D eigenvalue weighted by Gasteiger charge is 2.15. The van der Waals surface area contributed by atoms with E-state index >= 15 is 0 Å². The molecule has 3 aromatic rings. The van der Waals surface area contributed by atoms with Crippen LogP contribution in [-0.2, 0) is 6.42 Å². The smallest absolute Gasteiger partial charge is 0.251 e. The van der Waals surface area contributed by atoms with E-state index in [1.54, 1.807) is 18.2 Å². The monoisotopic (exact) mass is 310 g/mol. The number of ether oxygens (including phenoxy) is 2. The second-order valence-corrected chi connectivity index (χ2v) is 5.23. The first-order chi connectivity index (χ1) is 11.3. The molecule has 1 N–H and O–H groups in total. The minimum absolute atomic E-state index is 0.134. The molecule has 1 aliphatic rings. The van der Waals surface area contributed by atoms with Gasteiger partial charge in [0, 0.05) is 12.1 Å². The van der Waals surface area contributed by atoms with Gasteiger partial charge >= 0.3 is 0 Å². The van der Waals surface area contributed by atoms with E-state index < -0.39 is 0 Å². The summed E-state index contributed by atoms with van der Waals surface area (Å²) in [5.41, 5.74) is 3.24. The molecular formula is C17H14N2O4. The number of fused-ring (bicyclic) bond motifs is 2. The molecule has 0 unspecified atom stereocenters. The van der Waals surface area contributed by atoms with Crippen molar-refractivity contribution in [2.24, 2.45) is 0 Å². The van der Waals surface area contributed by atoms with Crippen LogP contribution in [0.4, 0.5) is 0 Å². The normalized spacial score (nSPS) is 12.5. The lowest BCUT2D eigenvalue weighted by atomic mass is 10.1. The summed E-state index contributed by atoms with van der Waals surface area (Å²) in [6, 6.07) is 11.0. The van der Waals surface area contributed by atoms with Crippen molar-refractivity contribution in [3.05, 3.63) is 53.9 Å². The van der Waals surface area contributed by atoms with E-state index in [1.807, 2.05) is 18.2 Å². The van der Waals surface area contributed by atoms with Crippen molar-refractivity contribution >= 4 is 17.0 Å². The first-order valence-electron chi connectivity index (χ1n) is 7.29. The number of benzene rings is 2. The number of rotatable bonds is 4. The predicted molar refractivity (Wildman–Crippen MR) is 82.6 cm³/mol. The molecule has 0 radical (unpaired) electrons. The average molecular weight is 310 g/mol. The Morgan fingerprint density at radius 3 is 3.00 bits per heavy atom. The predicted octanol–water partition coefficient (Wildman–Crippen LogP) is 2.53. The number of carbonyl (C=O) groups excluding carboxylic acids is 1. The number of nitrogens with one attached hydrogen (secondary N) is 1. The van der Waals surface area contributed by atoms with Gasteiger partial charge in [0.2, 0.25) is 6.79 Å². The van der Waals surface area contributed by atoms with Crippen LogP contribution in [0.2, 0.25) is 0 Å². The summed E-state index contributed by atoms with van der Waals surface area (Å²) >= 11 is 0. The van der Waals surface area contributed by atoms with E-state index in [4.69, 9.17) is 13.9 Å². The largest absolute Gasteiger partial charge is 0.454 e. The van der Waals surface area contributed by atoms with Gasteiger partial charge in [-0.15, -0.1) is 0 Å². The number of hydrogen-bond acceptors (Lipinski definition) is 5. The van der Waals surface area contributed by atoms with Gasteiger partial charge in [0.05, 0.1) is 0 Å². The zero-order valence-corrected chi connectivity index (χ0v) is 12.2. The molecule has 1 amide bonds. The maximum absolute atomic E-state index is 12.2. The Kier molecular flexibility index (Phi) is 3.34. The summed E-state index contributed by atoms with van der Waals surface area (Å²) < 4.78 is 15.7. The summed E-state index contributed by atoms with van der Waals surface area (Å²) in [5, 5.41) is 2.90. The van der Waals surface area contributed by atoms with E-state index in [2.05, 4.69) is 10.3 Å². The number of nitrogens with zero attached hydrogens (tertiary/aromatic N) is 1. The molecule has 6 nitrogen and oxygen atoms in total. The van der Waals surface area contributed by atoms with Gasteiger partial charge in [-0.05, 0) is 42.3 Å². The summed E-state index contributed by atoms with van der Waals surface area (Å²) in [5.74, 6) is 1.14. The van der Waals surface area contributed by atoms with Crippen molar-refractivity contribution in [3.8, 4) is 11.5 Å². The molecule has 0 bridgehead atoms. The van der Waals surface area contributed by atoms with Crippen molar-refractivity contribution in [3.63, 3.8) is 0 Å². The van der Waals surface area contributed by atoms with Crippen LogP contribution < -0.4 is 14.8 Å². The van der Waals surface area contributed by atoms with Crippen LogP contribution in [0, 0.1) is 0 Å². The molecule has 4 rings (SSSR count). The maximum Gasteiger partial charge on any atom is 0.251 e. The van der Waals surface area contributed by atoms with Crippen LogP contribution >= 0.6 is 0 Å². The molecule has 2 aromatic carbocycles. The molecule has 6 heteroatoms. The highest BCUT2D eigenvalue weighted by atomic mass is 16.7. The quantitative estimate of drug-likeness (QED) is 0.801. The molecule has 0 aliphatic carbocycles. The minimum atomic E-state index is -0.134. The Morgan fingerprint density at radius 1 is 1.13 bits per heavy atom. The zero-order chi connectivity index (χ0) is 15.6. The Balaban J connectivity index is 1.37. The number of amides is 1. The van der Waals surface area contributed by atoms with Crippen molar-refractivity contribution in [2.75, 3.05) is 13.3 Å². The minimum Gasteiger partial charge on any atom is -0.454 e. The van der Waals surface area contributed by atoms with E-state index in [-0.39, 0.29) is 12.7 Å². The SMILES string of the molecule is O=C(NCCc1ccc2ocnc2c1)c1ccc2c(c1)OCO2. The second kappa shape index (κ2) is 5.64. The summed E-state index contributed by atoms with van der Waals surface area (Å²) in [7, 11) is 0. The number of aromatic nitrogens is 1. The van der Waals surface area contributed by atoms with Gasteiger partial charge in [0.25, 0.3) is 5.91 Å². The molecule has 1 aromatic heterocycles. The van der Waals surface area contributed by atoms with Gasteiger partial charge in [-0.3, -0.25) is 4.79 Å². The zero-order valence-electron chi connectivity index (χ0n) is 12.2. The third kappa shape index (κ3) is 2.70. The van der Waals surface area contributed by atoms with E-state index in [0.29, 0.717) is 23.6 Å². The van der Waals surface area contributed by atoms with Crippen LogP contribution in [0.3, 0.4) is 0 Å². The lowest BCUT2D eigenvalue weighted by Crippen LogP contribution is -2.25. The first-order valence-corrected chi connectivity index (χ1v) is 7.29. The average Bonchev–Trinajstić information content (AvgIpc) is 3.22. The van der Waals surface area contributed by atoms with Gasteiger partial charge < -0.3 is 19.2 Å². The standard InChI is InChI=1S/C17H14N2O4/c20-17(12-2-4-15-16(8-12)23-10-22-15)18-6-5-11-1-3-14-13(7-11)19-9-21-14/h1-4,7-9H,5-6,10H2,(H,18,20). The molecule has 0 fully saturated rings. The van der Waals surface area contributed by atoms with Crippen LogP contribution in [0.25, 0.3) is 11.1 Å². The van der Waals surface area contributed by atoms with Crippen molar-refractivity contribution in [1.82, 2.24) is 10.3 Å². The van der Waals surface area contributed by atoms with E-state index in [1.165, 1.54) is 6.39 Å². The second-order valence-electron chi connectivity index (χ2n) is 5.23. The fourth-order valence-corrected chi connectivity index (χ4v) is 2.52. The van der Waals surface area contributed by atoms with Gasteiger partial charge in [-0.2, -0.15) is 0 Å². The molecule has 116 valence electrons. The molecule has 0 atom stereocenters. The summed E-state index contributed by atoms with van der Waals surface area (Å²) in [4.78, 5) is 16.3. The number of carbonyl (C=O) groups is 1. The topological polar surface area (TPSA) is 73.6 Å². The highest BCUT2D eigenvalue weighted by molar-refractivity contribution is 5.94. The van der Waals surface area contributed by atoms with Crippen LogP contribution in [0.5, 0.6) is 11.5 Å². The van der Waals surface area contributed by atoms with Gasteiger partial charge in [0.1, 0.15) is 5.52 Å². The molecule has 0 saturated heterocycles. The first kappa shape index (κ1) is 13.6. The fourth-order valence-electron chi connectivity index (χ4n) is 2.52. The van der Waals surface area contributed by atoms with Crippen LogP contribution in [-0.4, -0.2) is 24.2 Å². The van der Waals surface area contributed by atoms with Crippen LogP contribution in [0.15, 0.2) is 47.2 Å². The summed E-state index contributed by atoms with van der Waals surface area (Å²) in [6.07, 6.45) is 2.15. The molecule has 0 saturated carbocycles. The number of hydrogen-bond donors (Lipinski definition) is 1. The van der Waals surface area contributed by atoms with Crippen LogP contribution in [0.1, 0.15) is 15.9 Å². The Morgan fingerprint density at radius 2 is 2.04 bits per heavy atom. The molecular weight excluding hydrogens is 296 g/mol. The molecule has 0 spiro atoms. The molecule has 23 heavy (non-hydrogen) atoms. The lowest BCUT2D eigenvalue weighted by molar-refractivity contribution is 0.0953. The third-order valence-corrected chi connectivity index (χ3v) is 3.73. The van der Waals surface area contributed by atoms with Crippen molar-refractivity contribution in [2.45, 2.75) is 6.42 Å². The van der Waals surface area contributed by atoms with E-state index in [0.717, 1.165) is 23.1 Å². The third-order valence-electron chi connectivity index (χ3n) is 3.73. The number of oxazole rings is 1. The van der Waals surface area contributed by atoms with Gasteiger partial charge in [-0.1, -0.05) is 6.07 Å². The Bertz CT molecular complexity index is 872. The van der Waals surface area contributed by atoms with Crippen molar-refractivity contribution in [1.29, 1.82) is 0 Å².